The molecule has 1 aliphatic rings. The number of para-hydroxylation sites is 1. The minimum atomic E-state index is 0. The lowest BCUT2D eigenvalue weighted by Gasteiger charge is -2.25. The molecule has 2 nitrogen and oxygen atoms in total. The number of fused-ring (bicyclic) bond motifs is 1. The molecule has 3 heteroatoms. The number of rotatable bonds is 1. The normalized spacial score (nSPS) is 16.1. The highest BCUT2D eigenvalue weighted by Gasteiger charge is 2.25. The average molecular weight is 224 g/mol. The maximum absolute atomic E-state index is 5.86. The highest BCUT2D eigenvalue weighted by molar-refractivity contribution is 5.85. The Hall–Kier alpha value is -0.990. The van der Waals surface area contributed by atoms with Crippen LogP contribution in [0.1, 0.15) is 17.2 Å². The van der Waals surface area contributed by atoms with E-state index in [1.54, 1.807) is 0 Å². The van der Waals surface area contributed by atoms with Gasteiger partial charge in [-0.25, -0.2) is 0 Å². The summed E-state index contributed by atoms with van der Waals surface area (Å²) in [7, 11) is 0. The third-order valence-electron chi connectivity index (χ3n) is 3.03. The van der Waals surface area contributed by atoms with Gasteiger partial charge in [-0.15, -0.1) is 12.4 Å². The van der Waals surface area contributed by atoms with Crippen molar-refractivity contribution in [1.82, 2.24) is 5.32 Å². The zero-order chi connectivity index (χ0) is 9.54. The number of furan rings is 1. The molecular formula is C12H14ClNO. The maximum atomic E-state index is 5.86. The summed E-state index contributed by atoms with van der Waals surface area (Å²) in [6.07, 6.45) is 0. The largest absolute Gasteiger partial charge is 0.460 e. The molecule has 2 heterocycles. The van der Waals surface area contributed by atoms with Crippen LogP contribution in [0.5, 0.6) is 0 Å². The molecule has 0 atom stereocenters. The number of hydrogen-bond acceptors (Lipinski definition) is 2. The van der Waals surface area contributed by atoms with Gasteiger partial charge < -0.3 is 9.73 Å². The third-order valence-corrected chi connectivity index (χ3v) is 3.03. The summed E-state index contributed by atoms with van der Waals surface area (Å²) in [5, 5.41) is 4.53. The Morgan fingerprint density at radius 1 is 1.27 bits per heavy atom. The van der Waals surface area contributed by atoms with Gasteiger partial charge in [0, 0.05) is 24.4 Å². The number of aryl methyl sites for hydroxylation is 1. The Bertz CT molecular complexity index is 473. The van der Waals surface area contributed by atoms with Crippen LogP contribution in [0.3, 0.4) is 0 Å². The summed E-state index contributed by atoms with van der Waals surface area (Å²) < 4.78 is 5.86. The van der Waals surface area contributed by atoms with E-state index >= 15 is 0 Å². The first-order valence-corrected chi connectivity index (χ1v) is 5.05. The molecule has 0 radical (unpaired) electrons. The molecule has 0 spiro atoms. The van der Waals surface area contributed by atoms with Gasteiger partial charge in [0.1, 0.15) is 11.3 Å². The first-order valence-electron chi connectivity index (χ1n) is 5.05. The van der Waals surface area contributed by atoms with Crippen LogP contribution in [0.25, 0.3) is 11.0 Å². The van der Waals surface area contributed by atoms with E-state index in [0.717, 1.165) is 18.7 Å². The zero-order valence-corrected chi connectivity index (χ0v) is 9.43. The highest BCUT2D eigenvalue weighted by Crippen LogP contribution is 2.31. The van der Waals surface area contributed by atoms with E-state index in [1.807, 2.05) is 12.1 Å². The van der Waals surface area contributed by atoms with Gasteiger partial charge in [0.05, 0.1) is 0 Å². The standard InChI is InChI=1S/C12H13NO.ClH/c1-8-10-4-2-3-5-11(10)14-12(8)9-6-13-7-9;/h2-5,9,13H,6-7H2,1H3;1H. The molecule has 3 rings (SSSR count). The molecular weight excluding hydrogens is 210 g/mol. The van der Waals surface area contributed by atoms with Gasteiger partial charge in [-0.3, -0.25) is 0 Å². The zero-order valence-electron chi connectivity index (χ0n) is 8.62. The molecule has 1 fully saturated rings. The summed E-state index contributed by atoms with van der Waals surface area (Å²) in [6, 6.07) is 8.25. The lowest BCUT2D eigenvalue weighted by Crippen LogP contribution is -2.39. The molecule has 1 aromatic carbocycles. The van der Waals surface area contributed by atoms with Gasteiger partial charge in [-0.2, -0.15) is 0 Å². The van der Waals surface area contributed by atoms with Crippen molar-refractivity contribution in [3.05, 3.63) is 35.6 Å². The highest BCUT2D eigenvalue weighted by atomic mass is 35.5. The van der Waals surface area contributed by atoms with Crippen LogP contribution in [0.2, 0.25) is 0 Å². The van der Waals surface area contributed by atoms with Gasteiger partial charge in [0.15, 0.2) is 0 Å². The van der Waals surface area contributed by atoms with E-state index in [2.05, 4.69) is 24.4 Å². The van der Waals surface area contributed by atoms with E-state index in [1.165, 1.54) is 16.7 Å². The third kappa shape index (κ3) is 1.54. The molecule has 0 aliphatic carbocycles. The van der Waals surface area contributed by atoms with Crippen molar-refractivity contribution in [2.24, 2.45) is 0 Å². The molecule has 0 unspecified atom stereocenters. The van der Waals surface area contributed by atoms with E-state index in [0.29, 0.717) is 5.92 Å². The quantitative estimate of drug-likeness (QED) is 0.804. The molecule has 0 amide bonds. The minimum absolute atomic E-state index is 0. The average Bonchev–Trinajstić information content (AvgIpc) is 2.43. The van der Waals surface area contributed by atoms with Gasteiger partial charge >= 0.3 is 0 Å². The van der Waals surface area contributed by atoms with Crippen LogP contribution < -0.4 is 5.32 Å². The van der Waals surface area contributed by atoms with E-state index in [9.17, 15) is 0 Å². The van der Waals surface area contributed by atoms with Crippen LogP contribution in [0, 0.1) is 6.92 Å². The Labute approximate surface area is 95.1 Å². The van der Waals surface area contributed by atoms with Crippen molar-refractivity contribution in [2.45, 2.75) is 12.8 Å². The van der Waals surface area contributed by atoms with Crippen molar-refractivity contribution >= 4 is 23.4 Å². The van der Waals surface area contributed by atoms with Crippen molar-refractivity contribution in [3.63, 3.8) is 0 Å². The van der Waals surface area contributed by atoms with E-state index in [-0.39, 0.29) is 12.4 Å². The Kier molecular flexibility index (Phi) is 2.72. The summed E-state index contributed by atoms with van der Waals surface area (Å²) >= 11 is 0. The minimum Gasteiger partial charge on any atom is -0.460 e. The number of halogens is 1. The molecule has 0 bridgehead atoms. The van der Waals surface area contributed by atoms with Gasteiger partial charge in [0.2, 0.25) is 0 Å². The smallest absolute Gasteiger partial charge is 0.134 e. The summed E-state index contributed by atoms with van der Waals surface area (Å²) in [5.41, 5.74) is 2.33. The monoisotopic (exact) mass is 223 g/mol. The number of nitrogens with one attached hydrogen (secondary N) is 1. The molecule has 0 saturated carbocycles. The van der Waals surface area contributed by atoms with Crippen LogP contribution in [0.15, 0.2) is 28.7 Å². The first kappa shape index (κ1) is 10.5. The van der Waals surface area contributed by atoms with Crippen LogP contribution in [0.4, 0.5) is 0 Å². The first-order chi connectivity index (χ1) is 6.86. The molecule has 15 heavy (non-hydrogen) atoms. The SMILES string of the molecule is Cc1c(C2CNC2)oc2ccccc12.Cl. The molecule has 1 saturated heterocycles. The fourth-order valence-corrected chi connectivity index (χ4v) is 2.06. The molecule has 2 aromatic rings. The maximum Gasteiger partial charge on any atom is 0.134 e. The molecule has 1 N–H and O–H groups in total. The van der Waals surface area contributed by atoms with Crippen LogP contribution >= 0.6 is 12.4 Å². The van der Waals surface area contributed by atoms with Crippen molar-refractivity contribution in [2.75, 3.05) is 13.1 Å². The van der Waals surface area contributed by atoms with Crippen molar-refractivity contribution in [1.29, 1.82) is 0 Å². The summed E-state index contributed by atoms with van der Waals surface area (Å²) in [6.45, 7) is 4.26. The second-order valence-electron chi connectivity index (χ2n) is 3.94. The Balaban J connectivity index is 0.000000853. The number of hydrogen-bond donors (Lipinski definition) is 1. The lowest BCUT2D eigenvalue weighted by atomic mass is 9.97. The number of benzene rings is 1. The second kappa shape index (κ2) is 3.87. The van der Waals surface area contributed by atoms with E-state index < -0.39 is 0 Å². The second-order valence-corrected chi connectivity index (χ2v) is 3.94. The van der Waals surface area contributed by atoms with Crippen molar-refractivity contribution < 1.29 is 4.42 Å². The topological polar surface area (TPSA) is 25.2 Å². The fraction of sp³-hybridized carbons (Fsp3) is 0.333. The molecule has 1 aromatic heterocycles. The Morgan fingerprint density at radius 3 is 2.60 bits per heavy atom. The van der Waals surface area contributed by atoms with Gasteiger partial charge in [0.25, 0.3) is 0 Å². The van der Waals surface area contributed by atoms with E-state index in [4.69, 9.17) is 4.42 Å². The van der Waals surface area contributed by atoms with Gasteiger partial charge in [-0.1, -0.05) is 18.2 Å². The summed E-state index contributed by atoms with van der Waals surface area (Å²) in [5.74, 6) is 1.76. The predicted molar refractivity (Wildman–Crippen MR) is 63.8 cm³/mol. The predicted octanol–water partition coefficient (Wildman–Crippen LogP) is 2.85. The van der Waals surface area contributed by atoms with Crippen molar-refractivity contribution in [3.8, 4) is 0 Å². The molecule has 80 valence electrons. The van der Waals surface area contributed by atoms with Gasteiger partial charge in [-0.05, 0) is 18.6 Å². The van der Waals surface area contributed by atoms with Crippen LogP contribution in [-0.4, -0.2) is 13.1 Å². The summed E-state index contributed by atoms with van der Waals surface area (Å²) in [4.78, 5) is 0. The Morgan fingerprint density at radius 2 is 2.00 bits per heavy atom. The molecule has 1 aliphatic heterocycles. The van der Waals surface area contributed by atoms with Crippen LogP contribution in [-0.2, 0) is 0 Å². The lowest BCUT2D eigenvalue weighted by molar-refractivity contribution is 0.378. The fourth-order valence-electron chi connectivity index (χ4n) is 2.06.